The van der Waals surface area contributed by atoms with Gasteiger partial charge in [0.15, 0.2) is 5.82 Å². The first-order chi connectivity index (χ1) is 13.1. The molecule has 0 aliphatic carbocycles. The number of benzene rings is 1. The van der Waals surface area contributed by atoms with Gasteiger partial charge >= 0.3 is 0 Å². The molecule has 1 aliphatic rings. The van der Waals surface area contributed by atoms with Crippen LogP contribution in [0.3, 0.4) is 0 Å². The molecule has 1 aromatic carbocycles. The van der Waals surface area contributed by atoms with E-state index in [2.05, 4.69) is 20.4 Å². The van der Waals surface area contributed by atoms with Crippen molar-refractivity contribution in [3.8, 4) is 17.1 Å². The largest absolute Gasteiger partial charge is 0.496 e. The number of pyridine rings is 1. The molecule has 0 unspecified atom stereocenters. The van der Waals surface area contributed by atoms with Crippen LogP contribution in [0.1, 0.15) is 18.5 Å². The van der Waals surface area contributed by atoms with E-state index < -0.39 is 11.9 Å². The molecule has 3 aromatic rings. The topological polar surface area (TPSA) is 108 Å². The van der Waals surface area contributed by atoms with Crippen LogP contribution < -0.4 is 15.8 Å². The molecule has 1 atom stereocenters. The average molecular weight is 362 g/mol. The number of nitrogens with two attached hydrogens (primary N) is 1. The van der Waals surface area contributed by atoms with Crippen molar-refractivity contribution in [1.29, 1.82) is 0 Å². The van der Waals surface area contributed by atoms with E-state index in [1.807, 2.05) is 36.4 Å². The average Bonchev–Trinajstić information content (AvgIpc) is 3.11. The number of amides is 1. The number of allylic oxidation sites excluding steroid dienone is 1. The Morgan fingerprint density at radius 1 is 1.26 bits per heavy atom. The number of ether oxygens (including phenoxy) is 1. The Hall–Kier alpha value is -3.68. The third-order valence-corrected chi connectivity index (χ3v) is 4.47. The van der Waals surface area contributed by atoms with Crippen molar-refractivity contribution in [2.45, 2.75) is 13.0 Å². The SMILES string of the molecule is COc1ccccc1[C@@H]1C(C(N)=O)=C(C)Nc2nc(-c3cccnc3)nn21. The number of methoxy groups -OCH3 is 1. The van der Waals surface area contributed by atoms with Gasteiger partial charge < -0.3 is 15.8 Å². The fraction of sp³-hybridized carbons (Fsp3) is 0.158. The maximum Gasteiger partial charge on any atom is 0.248 e. The van der Waals surface area contributed by atoms with Crippen molar-refractivity contribution in [2.24, 2.45) is 5.73 Å². The number of anilines is 1. The van der Waals surface area contributed by atoms with Gasteiger partial charge in [-0.1, -0.05) is 18.2 Å². The van der Waals surface area contributed by atoms with Crippen molar-refractivity contribution < 1.29 is 9.53 Å². The van der Waals surface area contributed by atoms with Gasteiger partial charge in [-0.25, -0.2) is 4.68 Å². The van der Waals surface area contributed by atoms with Gasteiger partial charge in [-0.2, -0.15) is 4.98 Å². The second kappa shape index (κ2) is 6.56. The Balaban J connectivity index is 1.92. The number of carbonyl (C=O) groups excluding carboxylic acids is 1. The van der Waals surface area contributed by atoms with Gasteiger partial charge in [0, 0.05) is 29.2 Å². The number of fused-ring (bicyclic) bond motifs is 1. The smallest absolute Gasteiger partial charge is 0.248 e. The Kier molecular flexibility index (Phi) is 4.08. The van der Waals surface area contributed by atoms with Crippen molar-refractivity contribution in [2.75, 3.05) is 12.4 Å². The maximum absolute atomic E-state index is 12.2. The third kappa shape index (κ3) is 2.80. The summed E-state index contributed by atoms with van der Waals surface area (Å²) in [5.41, 5.74) is 8.30. The molecule has 0 radical (unpaired) electrons. The summed E-state index contributed by atoms with van der Waals surface area (Å²) in [6, 6.07) is 10.6. The summed E-state index contributed by atoms with van der Waals surface area (Å²) in [7, 11) is 1.59. The molecule has 0 fully saturated rings. The molecule has 0 bridgehead atoms. The molecular weight excluding hydrogens is 344 g/mol. The van der Waals surface area contributed by atoms with E-state index in [4.69, 9.17) is 10.5 Å². The van der Waals surface area contributed by atoms with Crippen molar-refractivity contribution in [1.82, 2.24) is 19.7 Å². The van der Waals surface area contributed by atoms with Gasteiger partial charge in [0.25, 0.3) is 0 Å². The van der Waals surface area contributed by atoms with Crippen LogP contribution in [0.5, 0.6) is 5.75 Å². The first kappa shape index (κ1) is 16.8. The lowest BCUT2D eigenvalue weighted by Crippen LogP contribution is -2.32. The Morgan fingerprint density at radius 3 is 2.78 bits per heavy atom. The minimum Gasteiger partial charge on any atom is -0.496 e. The van der Waals surface area contributed by atoms with E-state index in [9.17, 15) is 4.79 Å². The summed E-state index contributed by atoms with van der Waals surface area (Å²) in [5, 5.41) is 7.75. The third-order valence-electron chi connectivity index (χ3n) is 4.47. The molecule has 1 amide bonds. The molecule has 136 valence electrons. The predicted octanol–water partition coefficient (Wildman–Crippen LogP) is 2.12. The summed E-state index contributed by atoms with van der Waals surface area (Å²) in [6.45, 7) is 1.80. The van der Waals surface area contributed by atoms with E-state index in [0.29, 0.717) is 28.8 Å². The van der Waals surface area contributed by atoms with Crippen LogP contribution in [0, 0.1) is 0 Å². The van der Waals surface area contributed by atoms with Crippen LogP contribution in [0.15, 0.2) is 60.1 Å². The first-order valence-corrected chi connectivity index (χ1v) is 8.37. The van der Waals surface area contributed by atoms with Gasteiger partial charge in [-0.05, 0) is 25.1 Å². The molecular formula is C19H18N6O2. The van der Waals surface area contributed by atoms with Crippen molar-refractivity contribution in [3.05, 3.63) is 65.6 Å². The molecule has 3 N–H and O–H groups in total. The van der Waals surface area contributed by atoms with E-state index >= 15 is 0 Å². The first-order valence-electron chi connectivity index (χ1n) is 8.37. The highest BCUT2D eigenvalue weighted by atomic mass is 16.5. The standard InChI is InChI=1S/C19H18N6O2/c1-11-15(17(20)26)16(13-7-3-4-8-14(13)27-2)25-19(22-11)23-18(24-25)12-6-5-9-21-10-12/h3-10,16H,1-2H3,(H2,20,26)(H,22,23,24)/t16-/m1/s1. The summed E-state index contributed by atoms with van der Waals surface area (Å²) in [6.07, 6.45) is 3.38. The monoisotopic (exact) mass is 362 g/mol. The molecule has 8 heteroatoms. The summed E-state index contributed by atoms with van der Waals surface area (Å²) < 4.78 is 7.16. The number of nitrogens with one attached hydrogen (secondary N) is 1. The highest BCUT2D eigenvalue weighted by molar-refractivity contribution is 5.95. The lowest BCUT2D eigenvalue weighted by atomic mass is 9.94. The van der Waals surface area contributed by atoms with Crippen LogP contribution >= 0.6 is 0 Å². The number of hydrogen-bond acceptors (Lipinski definition) is 6. The Labute approximate surface area is 155 Å². The van der Waals surface area contributed by atoms with Gasteiger partial charge in [0.1, 0.15) is 11.8 Å². The van der Waals surface area contributed by atoms with E-state index in [-0.39, 0.29) is 0 Å². The van der Waals surface area contributed by atoms with E-state index in [1.165, 1.54) is 0 Å². The lowest BCUT2D eigenvalue weighted by Gasteiger charge is -2.28. The number of para-hydroxylation sites is 1. The second-order valence-corrected chi connectivity index (χ2v) is 6.12. The normalized spacial score (nSPS) is 15.9. The van der Waals surface area contributed by atoms with Crippen LogP contribution in [0.4, 0.5) is 5.95 Å². The van der Waals surface area contributed by atoms with Crippen LogP contribution in [-0.2, 0) is 4.79 Å². The van der Waals surface area contributed by atoms with Crippen LogP contribution in [0.2, 0.25) is 0 Å². The predicted molar refractivity (Wildman–Crippen MR) is 99.9 cm³/mol. The van der Waals surface area contributed by atoms with Gasteiger partial charge in [0.05, 0.1) is 12.7 Å². The highest BCUT2D eigenvalue weighted by Gasteiger charge is 2.34. The Morgan fingerprint density at radius 2 is 2.07 bits per heavy atom. The fourth-order valence-corrected chi connectivity index (χ4v) is 3.27. The number of hydrogen-bond donors (Lipinski definition) is 2. The van der Waals surface area contributed by atoms with Crippen molar-refractivity contribution in [3.63, 3.8) is 0 Å². The zero-order chi connectivity index (χ0) is 19.0. The molecule has 0 saturated heterocycles. The second-order valence-electron chi connectivity index (χ2n) is 6.12. The summed E-state index contributed by atoms with van der Waals surface area (Å²) >= 11 is 0. The number of carbonyl (C=O) groups is 1. The lowest BCUT2D eigenvalue weighted by molar-refractivity contribution is -0.115. The summed E-state index contributed by atoms with van der Waals surface area (Å²) in [5.74, 6) is 1.14. The number of rotatable bonds is 4. The quantitative estimate of drug-likeness (QED) is 0.736. The van der Waals surface area contributed by atoms with E-state index in [1.54, 1.807) is 31.1 Å². The minimum absolute atomic E-state index is 0.412. The van der Waals surface area contributed by atoms with Crippen LogP contribution in [-0.4, -0.2) is 32.8 Å². The molecule has 8 nitrogen and oxygen atoms in total. The maximum atomic E-state index is 12.2. The van der Waals surface area contributed by atoms with E-state index in [0.717, 1.165) is 11.1 Å². The number of nitrogens with zero attached hydrogens (tertiary/aromatic N) is 4. The zero-order valence-corrected chi connectivity index (χ0v) is 14.9. The molecule has 0 spiro atoms. The molecule has 2 aromatic heterocycles. The fourth-order valence-electron chi connectivity index (χ4n) is 3.27. The van der Waals surface area contributed by atoms with Gasteiger partial charge in [-0.3, -0.25) is 9.78 Å². The number of primary amides is 1. The molecule has 4 rings (SSSR count). The van der Waals surface area contributed by atoms with Gasteiger partial charge in [-0.15, -0.1) is 5.10 Å². The molecule has 0 saturated carbocycles. The molecule has 3 heterocycles. The van der Waals surface area contributed by atoms with Gasteiger partial charge in [0.2, 0.25) is 11.9 Å². The zero-order valence-electron chi connectivity index (χ0n) is 14.9. The Bertz CT molecular complexity index is 1040. The van der Waals surface area contributed by atoms with Crippen molar-refractivity contribution >= 4 is 11.9 Å². The summed E-state index contributed by atoms with van der Waals surface area (Å²) in [4.78, 5) is 20.9. The van der Waals surface area contributed by atoms with Crippen LogP contribution in [0.25, 0.3) is 11.4 Å². The number of aromatic nitrogens is 4. The minimum atomic E-state index is -0.548. The highest BCUT2D eigenvalue weighted by Crippen LogP contribution is 2.39. The molecule has 27 heavy (non-hydrogen) atoms. The molecule has 1 aliphatic heterocycles.